The van der Waals surface area contributed by atoms with E-state index in [0.29, 0.717) is 6.67 Å². The lowest BCUT2D eigenvalue weighted by Gasteiger charge is -2.22. The van der Waals surface area contributed by atoms with Crippen LogP contribution in [-0.4, -0.2) is 13.2 Å². The second-order valence-electron chi connectivity index (χ2n) is 5.96. The van der Waals surface area contributed by atoms with E-state index in [1.54, 1.807) is 0 Å². The molecule has 0 aromatic heterocycles. The fourth-order valence-electron chi connectivity index (χ4n) is 2.75. The molecule has 0 aliphatic heterocycles. The molecule has 0 saturated heterocycles. The molecule has 1 aromatic carbocycles. The number of nitrogens with zero attached hydrogens (tertiary/aromatic N) is 1. The molecule has 0 spiro atoms. The Balaban J connectivity index is 0.00000441. The van der Waals surface area contributed by atoms with Crippen LogP contribution in [0.5, 0.6) is 0 Å². The summed E-state index contributed by atoms with van der Waals surface area (Å²) in [6, 6.07) is 10.5. The Kier molecular flexibility index (Phi) is 14.7. The Morgan fingerprint density at radius 1 is 0.773 bits per heavy atom. The average molecular weight is 327 g/mol. The zero-order chi connectivity index (χ0) is 15.2. The predicted molar refractivity (Wildman–Crippen MR) is 102 cm³/mol. The Labute approximate surface area is 143 Å². The zero-order valence-corrected chi connectivity index (χ0v) is 15.1. The van der Waals surface area contributed by atoms with Gasteiger partial charge in [-0.05, 0) is 18.6 Å². The highest BCUT2D eigenvalue weighted by Gasteiger charge is 2.02. The number of hydrogen-bond donors (Lipinski definition) is 1. The number of benzene rings is 1. The maximum atomic E-state index is 5.85. The van der Waals surface area contributed by atoms with E-state index in [2.05, 4.69) is 42.2 Å². The van der Waals surface area contributed by atoms with Crippen molar-refractivity contribution in [1.29, 1.82) is 0 Å². The first kappa shape index (κ1) is 21.3. The highest BCUT2D eigenvalue weighted by atomic mass is 35.5. The highest BCUT2D eigenvalue weighted by Crippen LogP contribution is 2.14. The van der Waals surface area contributed by atoms with Crippen LogP contribution in [-0.2, 0) is 0 Å². The van der Waals surface area contributed by atoms with Gasteiger partial charge in [0.2, 0.25) is 0 Å². The number of nitrogens with two attached hydrogens (primary N) is 1. The van der Waals surface area contributed by atoms with Crippen LogP contribution in [0.3, 0.4) is 0 Å². The SMILES string of the molecule is CCCCCCCCCCCCN(CN)c1ccccc1.Cl. The summed E-state index contributed by atoms with van der Waals surface area (Å²) in [5, 5.41) is 0. The molecule has 1 rings (SSSR count). The summed E-state index contributed by atoms with van der Waals surface area (Å²) in [6.45, 7) is 3.97. The molecule has 1 aromatic rings. The Morgan fingerprint density at radius 3 is 1.77 bits per heavy atom. The topological polar surface area (TPSA) is 29.3 Å². The predicted octanol–water partition coefficient (Wildman–Crippen LogP) is 5.75. The lowest BCUT2D eigenvalue weighted by molar-refractivity contribution is 0.554. The summed E-state index contributed by atoms with van der Waals surface area (Å²) in [6.07, 6.45) is 13.8. The number of halogens is 1. The van der Waals surface area contributed by atoms with Crippen molar-refractivity contribution in [2.24, 2.45) is 5.73 Å². The van der Waals surface area contributed by atoms with Gasteiger partial charge in [-0.3, -0.25) is 0 Å². The van der Waals surface area contributed by atoms with E-state index in [0.717, 1.165) is 6.54 Å². The van der Waals surface area contributed by atoms with Crippen molar-refractivity contribution in [2.75, 3.05) is 18.1 Å². The number of para-hydroxylation sites is 1. The van der Waals surface area contributed by atoms with Crippen LogP contribution >= 0.6 is 12.4 Å². The summed E-state index contributed by atoms with van der Waals surface area (Å²) in [7, 11) is 0. The first-order chi connectivity index (χ1) is 10.4. The van der Waals surface area contributed by atoms with Crippen molar-refractivity contribution in [1.82, 2.24) is 0 Å². The van der Waals surface area contributed by atoms with Gasteiger partial charge in [0.1, 0.15) is 0 Å². The van der Waals surface area contributed by atoms with Crippen LogP contribution in [0.25, 0.3) is 0 Å². The van der Waals surface area contributed by atoms with Crippen LogP contribution in [0, 0.1) is 0 Å². The van der Waals surface area contributed by atoms with Gasteiger partial charge in [0.05, 0.1) is 6.67 Å². The summed E-state index contributed by atoms with van der Waals surface area (Å²) in [4.78, 5) is 2.27. The molecule has 0 saturated carbocycles. The lowest BCUT2D eigenvalue weighted by atomic mass is 10.1. The van der Waals surface area contributed by atoms with Crippen LogP contribution < -0.4 is 10.6 Å². The van der Waals surface area contributed by atoms with Crippen LogP contribution in [0.4, 0.5) is 5.69 Å². The van der Waals surface area contributed by atoms with E-state index in [1.807, 2.05) is 0 Å². The van der Waals surface area contributed by atoms with E-state index in [9.17, 15) is 0 Å². The van der Waals surface area contributed by atoms with Gasteiger partial charge in [-0.2, -0.15) is 0 Å². The molecule has 22 heavy (non-hydrogen) atoms. The Hall–Kier alpha value is -0.730. The standard InChI is InChI=1S/C19H34N2.ClH/c1-2-3-4-5-6-7-8-9-10-14-17-21(18-20)19-15-12-11-13-16-19;/h11-13,15-16H,2-10,14,17-18,20H2,1H3;1H. The fourth-order valence-corrected chi connectivity index (χ4v) is 2.75. The van der Waals surface area contributed by atoms with E-state index in [1.165, 1.54) is 69.9 Å². The molecule has 0 heterocycles. The van der Waals surface area contributed by atoms with Gasteiger partial charge in [-0.1, -0.05) is 82.9 Å². The molecule has 0 bridgehead atoms. The molecular formula is C19H35ClN2. The molecule has 0 aliphatic carbocycles. The smallest absolute Gasteiger partial charge is 0.0657 e. The molecule has 2 nitrogen and oxygen atoms in total. The third-order valence-corrected chi connectivity index (χ3v) is 4.12. The van der Waals surface area contributed by atoms with Crippen LogP contribution in [0.15, 0.2) is 30.3 Å². The van der Waals surface area contributed by atoms with Crippen molar-refractivity contribution < 1.29 is 0 Å². The van der Waals surface area contributed by atoms with Crippen molar-refractivity contribution in [3.8, 4) is 0 Å². The maximum Gasteiger partial charge on any atom is 0.0657 e. The van der Waals surface area contributed by atoms with Crippen molar-refractivity contribution in [3.05, 3.63) is 30.3 Å². The summed E-state index contributed by atoms with van der Waals surface area (Å²) in [5.41, 5.74) is 7.10. The number of rotatable bonds is 13. The van der Waals surface area contributed by atoms with E-state index < -0.39 is 0 Å². The molecule has 0 amide bonds. The summed E-state index contributed by atoms with van der Waals surface area (Å²) < 4.78 is 0. The van der Waals surface area contributed by atoms with E-state index in [-0.39, 0.29) is 12.4 Å². The van der Waals surface area contributed by atoms with Gasteiger partial charge in [0, 0.05) is 12.2 Å². The average Bonchev–Trinajstić information content (AvgIpc) is 2.54. The first-order valence-electron chi connectivity index (χ1n) is 8.88. The minimum Gasteiger partial charge on any atom is -0.359 e. The monoisotopic (exact) mass is 326 g/mol. The van der Waals surface area contributed by atoms with Crippen molar-refractivity contribution in [3.63, 3.8) is 0 Å². The van der Waals surface area contributed by atoms with E-state index >= 15 is 0 Å². The highest BCUT2D eigenvalue weighted by molar-refractivity contribution is 5.85. The summed E-state index contributed by atoms with van der Waals surface area (Å²) in [5.74, 6) is 0. The van der Waals surface area contributed by atoms with Gasteiger partial charge < -0.3 is 10.6 Å². The van der Waals surface area contributed by atoms with E-state index in [4.69, 9.17) is 5.73 Å². The Bertz CT molecular complexity index is 329. The lowest BCUT2D eigenvalue weighted by Crippen LogP contribution is -2.30. The molecule has 2 N–H and O–H groups in total. The molecule has 3 heteroatoms. The van der Waals surface area contributed by atoms with Crippen molar-refractivity contribution >= 4 is 18.1 Å². The van der Waals surface area contributed by atoms with Crippen LogP contribution in [0.2, 0.25) is 0 Å². The minimum absolute atomic E-state index is 0. The Morgan fingerprint density at radius 2 is 1.27 bits per heavy atom. The largest absolute Gasteiger partial charge is 0.359 e. The van der Waals surface area contributed by atoms with Gasteiger partial charge in [-0.25, -0.2) is 0 Å². The quantitative estimate of drug-likeness (QED) is 0.369. The normalized spacial score (nSPS) is 10.3. The molecule has 0 unspecified atom stereocenters. The minimum atomic E-state index is 0. The van der Waals surface area contributed by atoms with Gasteiger partial charge >= 0.3 is 0 Å². The van der Waals surface area contributed by atoms with Gasteiger partial charge in [0.25, 0.3) is 0 Å². The third kappa shape index (κ3) is 10.1. The zero-order valence-electron chi connectivity index (χ0n) is 14.3. The van der Waals surface area contributed by atoms with Crippen molar-refractivity contribution in [2.45, 2.75) is 71.1 Å². The molecule has 0 aliphatic rings. The summed E-state index contributed by atoms with van der Waals surface area (Å²) >= 11 is 0. The fraction of sp³-hybridized carbons (Fsp3) is 0.684. The molecule has 0 atom stereocenters. The van der Waals surface area contributed by atoms with Gasteiger partial charge in [-0.15, -0.1) is 12.4 Å². The molecule has 0 radical (unpaired) electrons. The van der Waals surface area contributed by atoms with Crippen LogP contribution in [0.1, 0.15) is 71.1 Å². The molecular weight excluding hydrogens is 292 g/mol. The number of unbranched alkanes of at least 4 members (excludes halogenated alkanes) is 9. The third-order valence-electron chi connectivity index (χ3n) is 4.12. The first-order valence-corrected chi connectivity index (χ1v) is 8.88. The number of hydrogen-bond acceptors (Lipinski definition) is 2. The van der Waals surface area contributed by atoms with Gasteiger partial charge in [0.15, 0.2) is 0 Å². The maximum absolute atomic E-state index is 5.85. The second-order valence-corrected chi connectivity index (χ2v) is 5.96. The second kappa shape index (κ2) is 15.2. The molecule has 128 valence electrons. The molecule has 0 fully saturated rings. The number of anilines is 1.